The van der Waals surface area contributed by atoms with Crippen LogP contribution in [0.4, 0.5) is 0 Å². The van der Waals surface area contributed by atoms with E-state index >= 15 is 0 Å². The third kappa shape index (κ3) is 4.26. The number of aliphatic hydroxyl groups is 4. The van der Waals surface area contributed by atoms with E-state index in [2.05, 4.69) is 47.3 Å². The molecule has 242 valence electrons. The molecule has 14 atom stereocenters. The highest BCUT2D eigenvalue weighted by molar-refractivity contribution is 5.72. The van der Waals surface area contributed by atoms with Crippen molar-refractivity contribution in [3.63, 3.8) is 0 Å². The lowest BCUT2D eigenvalue weighted by Crippen LogP contribution is -2.66. The van der Waals surface area contributed by atoms with Crippen LogP contribution >= 0.6 is 0 Å². The number of carboxylic acid groups (broad SMARTS) is 1. The molecule has 8 heteroatoms. The molecule has 0 aromatic heterocycles. The fraction of sp³-hybridized carbons (Fsp3) is 0.857. The average molecular weight is 603 g/mol. The number of hydrogen-bond donors (Lipinski definition) is 5. The van der Waals surface area contributed by atoms with E-state index in [1.165, 1.54) is 5.57 Å². The van der Waals surface area contributed by atoms with E-state index in [1.54, 1.807) is 0 Å². The van der Waals surface area contributed by atoms with Crippen LogP contribution in [0.25, 0.3) is 0 Å². The summed E-state index contributed by atoms with van der Waals surface area (Å²) in [4.78, 5) is 12.4. The maximum atomic E-state index is 12.4. The predicted octanol–water partition coefficient (Wildman–Crippen LogP) is 4.44. The summed E-state index contributed by atoms with van der Waals surface area (Å²) < 4.78 is 12.1. The number of aliphatic hydroxyl groups excluding tert-OH is 3. The van der Waals surface area contributed by atoms with E-state index in [-0.39, 0.29) is 46.2 Å². The number of carbonyl (C=O) groups is 1. The first-order chi connectivity index (χ1) is 19.9. The Morgan fingerprint density at radius 3 is 2.35 bits per heavy atom. The first-order valence-electron chi connectivity index (χ1n) is 16.6. The fourth-order valence-corrected chi connectivity index (χ4v) is 11.8. The van der Waals surface area contributed by atoms with Crippen LogP contribution in [0.15, 0.2) is 23.8 Å². The molecule has 0 amide bonds. The SMILES string of the molecule is C=C1CC(C(=O)O)C2CCC3(C)C(=CCC4C5(C)CCC(OC6OCC(O)C(O)C6O)C(C)(C)C5CCC43C)C2C1(C)O. The molecule has 1 aliphatic heterocycles. The molecule has 0 aromatic rings. The summed E-state index contributed by atoms with van der Waals surface area (Å²) >= 11 is 0. The molecule has 43 heavy (non-hydrogen) atoms. The fourth-order valence-electron chi connectivity index (χ4n) is 11.8. The lowest BCUT2D eigenvalue weighted by Gasteiger charge is -2.71. The van der Waals surface area contributed by atoms with Crippen molar-refractivity contribution in [1.29, 1.82) is 0 Å². The number of carboxylic acids is 1. The molecule has 5 N–H and O–H groups in total. The molecule has 0 aromatic carbocycles. The summed E-state index contributed by atoms with van der Waals surface area (Å²) in [7, 11) is 0. The minimum absolute atomic E-state index is 0.00637. The number of rotatable bonds is 3. The van der Waals surface area contributed by atoms with Crippen LogP contribution in [0.1, 0.15) is 92.9 Å². The van der Waals surface area contributed by atoms with Gasteiger partial charge in [0.2, 0.25) is 0 Å². The molecule has 1 saturated heterocycles. The second kappa shape index (κ2) is 10.1. The molecule has 0 spiro atoms. The Balaban J connectivity index is 1.31. The molecule has 4 saturated carbocycles. The van der Waals surface area contributed by atoms with Gasteiger partial charge in [-0.1, -0.05) is 52.8 Å². The van der Waals surface area contributed by atoms with Crippen molar-refractivity contribution in [2.45, 2.75) is 129 Å². The molecular weight excluding hydrogens is 548 g/mol. The summed E-state index contributed by atoms with van der Waals surface area (Å²) in [6.07, 6.45) is 4.39. The standard InChI is InChI=1S/C35H54O8/c1-18-16-20(29(39)40)19-10-14-33(5)21(26(19)35(18,7)41)8-9-24-32(4)13-12-25(31(2,3)23(32)11-15-34(24,33)6)43-30-28(38)27(37)22(36)17-42-30/h8,19-20,22-28,30,36-38,41H,1,9-17H2,2-7H3,(H,39,40). The zero-order valence-electron chi connectivity index (χ0n) is 26.9. The summed E-state index contributed by atoms with van der Waals surface area (Å²) in [5, 5.41) is 52.7. The minimum Gasteiger partial charge on any atom is -0.481 e. The Bertz CT molecular complexity index is 1190. The molecule has 6 aliphatic rings. The van der Waals surface area contributed by atoms with Crippen LogP contribution in [0.5, 0.6) is 0 Å². The van der Waals surface area contributed by atoms with Crippen LogP contribution in [-0.2, 0) is 14.3 Å². The van der Waals surface area contributed by atoms with Gasteiger partial charge in [-0.3, -0.25) is 4.79 Å². The summed E-state index contributed by atoms with van der Waals surface area (Å²) in [6.45, 7) is 17.9. The quantitative estimate of drug-likeness (QED) is 0.236. The Hall–Kier alpha value is -1.29. The molecule has 1 heterocycles. The highest BCUT2D eigenvalue weighted by Gasteiger charge is 2.69. The van der Waals surface area contributed by atoms with Crippen LogP contribution in [-0.4, -0.2) is 74.4 Å². The van der Waals surface area contributed by atoms with Crippen LogP contribution in [0.3, 0.4) is 0 Å². The number of aliphatic carboxylic acids is 1. The van der Waals surface area contributed by atoms with Gasteiger partial charge in [-0.25, -0.2) is 0 Å². The second-order valence-corrected chi connectivity index (χ2v) is 16.6. The van der Waals surface area contributed by atoms with Gasteiger partial charge in [-0.2, -0.15) is 0 Å². The van der Waals surface area contributed by atoms with E-state index in [0.29, 0.717) is 23.8 Å². The molecule has 0 radical (unpaired) electrons. The van der Waals surface area contributed by atoms with E-state index < -0.39 is 42.1 Å². The normalized spacial score (nSPS) is 54.4. The first-order valence-corrected chi connectivity index (χ1v) is 16.6. The Morgan fingerprint density at radius 1 is 0.977 bits per heavy atom. The van der Waals surface area contributed by atoms with Gasteiger partial charge < -0.3 is 35.0 Å². The average Bonchev–Trinajstić information content (AvgIpc) is 2.92. The smallest absolute Gasteiger partial charge is 0.307 e. The molecule has 5 aliphatic carbocycles. The molecule has 6 rings (SSSR count). The lowest BCUT2D eigenvalue weighted by molar-refractivity contribution is -0.308. The number of ether oxygens (including phenoxy) is 2. The van der Waals surface area contributed by atoms with Gasteiger partial charge in [0.15, 0.2) is 6.29 Å². The van der Waals surface area contributed by atoms with Crippen LogP contribution < -0.4 is 0 Å². The first kappa shape index (κ1) is 31.7. The van der Waals surface area contributed by atoms with Gasteiger partial charge in [0.05, 0.1) is 24.2 Å². The second-order valence-electron chi connectivity index (χ2n) is 16.6. The van der Waals surface area contributed by atoms with Crippen molar-refractivity contribution in [1.82, 2.24) is 0 Å². The summed E-state index contributed by atoms with van der Waals surface area (Å²) in [5.74, 6) is -0.807. The highest BCUT2D eigenvalue weighted by Crippen LogP contribution is 2.75. The van der Waals surface area contributed by atoms with Crippen molar-refractivity contribution < 1.29 is 39.8 Å². The number of fused-ring (bicyclic) bond motifs is 7. The summed E-state index contributed by atoms with van der Waals surface area (Å²) in [6, 6.07) is 0. The third-order valence-electron chi connectivity index (χ3n) is 14.6. The van der Waals surface area contributed by atoms with Crippen molar-refractivity contribution >= 4 is 5.97 Å². The predicted molar refractivity (Wildman–Crippen MR) is 161 cm³/mol. The topological polar surface area (TPSA) is 137 Å². The van der Waals surface area contributed by atoms with Gasteiger partial charge in [0.25, 0.3) is 0 Å². The van der Waals surface area contributed by atoms with Crippen molar-refractivity contribution in [2.75, 3.05) is 6.61 Å². The molecule has 5 fully saturated rings. The highest BCUT2D eigenvalue weighted by atomic mass is 16.7. The van der Waals surface area contributed by atoms with Gasteiger partial charge in [0, 0.05) is 5.92 Å². The maximum Gasteiger partial charge on any atom is 0.307 e. The maximum absolute atomic E-state index is 12.4. The third-order valence-corrected chi connectivity index (χ3v) is 14.6. The number of hydrogen-bond acceptors (Lipinski definition) is 7. The molecular formula is C35H54O8. The minimum atomic E-state index is -1.30. The van der Waals surface area contributed by atoms with Crippen LogP contribution in [0, 0.1) is 51.2 Å². The van der Waals surface area contributed by atoms with Gasteiger partial charge in [0.1, 0.15) is 18.3 Å². The Labute approximate surface area is 256 Å². The van der Waals surface area contributed by atoms with E-state index in [0.717, 1.165) is 44.9 Å². The van der Waals surface area contributed by atoms with E-state index in [9.17, 15) is 30.3 Å². The Kier molecular flexibility index (Phi) is 7.44. The van der Waals surface area contributed by atoms with E-state index in [4.69, 9.17) is 9.47 Å². The van der Waals surface area contributed by atoms with E-state index in [1.807, 2.05) is 6.92 Å². The van der Waals surface area contributed by atoms with Crippen molar-refractivity contribution in [2.24, 2.45) is 51.2 Å². The summed E-state index contributed by atoms with van der Waals surface area (Å²) in [5.41, 5.74) is 0.465. The lowest BCUT2D eigenvalue weighted by atomic mass is 9.34. The van der Waals surface area contributed by atoms with Crippen molar-refractivity contribution in [3.05, 3.63) is 23.8 Å². The largest absolute Gasteiger partial charge is 0.481 e. The van der Waals surface area contributed by atoms with Crippen molar-refractivity contribution in [3.8, 4) is 0 Å². The molecule has 8 nitrogen and oxygen atoms in total. The van der Waals surface area contributed by atoms with Crippen LogP contribution in [0.2, 0.25) is 0 Å². The van der Waals surface area contributed by atoms with Gasteiger partial charge in [-0.05, 0) is 103 Å². The molecule has 0 bridgehead atoms. The zero-order valence-corrected chi connectivity index (χ0v) is 26.9. The number of allylic oxidation sites excluding steroid dienone is 1. The van der Waals surface area contributed by atoms with Gasteiger partial charge >= 0.3 is 5.97 Å². The Morgan fingerprint density at radius 2 is 1.67 bits per heavy atom. The monoisotopic (exact) mass is 602 g/mol. The zero-order chi connectivity index (χ0) is 31.5. The molecule has 14 unspecified atom stereocenters. The van der Waals surface area contributed by atoms with Gasteiger partial charge in [-0.15, -0.1) is 0 Å².